The van der Waals surface area contributed by atoms with Crippen LogP contribution in [0.4, 0.5) is 11.4 Å². The lowest BCUT2D eigenvalue weighted by Crippen LogP contribution is -2.47. The third-order valence-electron chi connectivity index (χ3n) is 5.94. The van der Waals surface area contributed by atoms with Crippen LogP contribution >= 0.6 is 0 Å². The number of carbonyl (C=O) groups is 1. The minimum absolute atomic E-state index is 0.115. The Bertz CT molecular complexity index is 955. The fourth-order valence-electron chi connectivity index (χ4n) is 4.29. The molecular formula is C24H27N5O. The average Bonchev–Trinajstić information content (AvgIpc) is 3.02. The highest BCUT2D eigenvalue weighted by Crippen LogP contribution is 2.40. The average molecular weight is 402 g/mol. The summed E-state index contributed by atoms with van der Waals surface area (Å²) in [6, 6.07) is 20.6. The van der Waals surface area contributed by atoms with Crippen molar-refractivity contribution in [1.82, 2.24) is 9.80 Å². The lowest BCUT2D eigenvalue weighted by atomic mass is 10.1. The molecule has 0 spiro atoms. The number of piperazine rings is 1. The fraction of sp³-hybridized carbons (Fsp3) is 0.333. The van der Waals surface area contributed by atoms with E-state index in [1.54, 1.807) is 0 Å². The summed E-state index contributed by atoms with van der Waals surface area (Å²) in [4.78, 5) is 21.5. The molecule has 6 nitrogen and oxygen atoms in total. The molecule has 0 radical (unpaired) electrons. The van der Waals surface area contributed by atoms with Crippen LogP contribution in [0.25, 0.3) is 0 Å². The van der Waals surface area contributed by atoms with Crippen LogP contribution in [-0.2, 0) is 11.3 Å². The van der Waals surface area contributed by atoms with E-state index >= 15 is 0 Å². The van der Waals surface area contributed by atoms with Crippen molar-refractivity contribution in [3.63, 3.8) is 0 Å². The first kappa shape index (κ1) is 20.1. The largest absolute Gasteiger partial charge is 0.328 e. The van der Waals surface area contributed by atoms with E-state index in [0.29, 0.717) is 5.82 Å². The molecule has 0 N–H and O–H groups in total. The highest BCUT2D eigenvalue weighted by Gasteiger charge is 2.32. The molecule has 2 aromatic carbocycles. The molecule has 0 bridgehead atoms. The zero-order chi connectivity index (χ0) is 21.1. The van der Waals surface area contributed by atoms with E-state index in [1.807, 2.05) is 54.2 Å². The van der Waals surface area contributed by atoms with Gasteiger partial charge in [0, 0.05) is 46.8 Å². The van der Waals surface area contributed by atoms with Crippen molar-refractivity contribution in [2.45, 2.75) is 6.54 Å². The highest BCUT2D eigenvalue weighted by atomic mass is 16.1. The summed E-state index contributed by atoms with van der Waals surface area (Å²) in [6.45, 7) is 4.72. The molecule has 154 valence electrons. The van der Waals surface area contributed by atoms with Gasteiger partial charge in [0.2, 0.25) is 0 Å². The van der Waals surface area contributed by atoms with E-state index in [2.05, 4.69) is 40.1 Å². The van der Waals surface area contributed by atoms with E-state index in [9.17, 15) is 10.1 Å². The van der Waals surface area contributed by atoms with E-state index in [0.717, 1.165) is 44.1 Å². The van der Waals surface area contributed by atoms with Crippen LogP contribution in [0.2, 0.25) is 0 Å². The first-order valence-electron chi connectivity index (χ1n) is 10.3. The fourth-order valence-corrected chi connectivity index (χ4v) is 4.29. The van der Waals surface area contributed by atoms with Gasteiger partial charge in [0.05, 0.1) is 17.9 Å². The van der Waals surface area contributed by atoms with Crippen molar-refractivity contribution in [2.24, 2.45) is 0 Å². The second-order valence-corrected chi connectivity index (χ2v) is 7.88. The molecule has 2 aromatic rings. The van der Waals surface area contributed by atoms with Crippen LogP contribution in [0.15, 0.2) is 66.0 Å². The SMILES string of the molecule is CN1C(=C(C#N)C(=O)CN2CCN(Cc3ccccc3)CC2)N(C)c2ccccc21. The van der Waals surface area contributed by atoms with Crippen molar-refractivity contribution in [2.75, 3.05) is 56.6 Å². The van der Waals surface area contributed by atoms with Crippen LogP contribution in [0.5, 0.6) is 0 Å². The summed E-state index contributed by atoms with van der Waals surface area (Å²) in [5.41, 5.74) is 3.54. The maximum Gasteiger partial charge on any atom is 0.191 e. The van der Waals surface area contributed by atoms with Gasteiger partial charge >= 0.3 is 0 Å². The van der Waals surface area contributed by atoms with Gasteiger partial charge in [-0.1, -0.05) is 42.5 Å². The first-order valence-corrected chi connectivity index (χ1v) is 10.3. The van der Waals surface area contributed by atoms with Crippen LogP contribution in [-0.4, -0.2) is 62.4 Å². The molecule has 2 aliphatic rings. The van der Waals surface area contributed by atoms with Crippen LogP contribution in [0.3, 0.4) is 0 Å². The molecule has 0 aliphatic carbocycles. The summed E-state index contributed by atoms with van der Waals surface area (Å²) < 4.78 is 0. The van der Waals surface area contributed by atoms with Crippen molar-refractivity contribution < 1.29 is 4.79 Å². The molecule has 2 heterocycles. The smallest absolute Gasteiger partial charge is 0.191 e. The Morgan fingerprint density at radius 2 is 1.40 bits per heavy atom. The van der Waals surface area contributed by atoms with Crippen LogP contribution in [0, 0.1) is 11.3 Å². The summed E-state index contributed by atoms with van der Waals surface area (Å²) in [7, 11) is 3.81. The maximum atomic E-state index is 13.1. The highest BCUT2D eigenvalue weighted by molar-refractivity contribution is 6.03. The summed E-state index contributed by atoms with van der Waals surface area (Å²) in [6.07, 6.45) is 0. The molecule has 30 heavy (non-hydrogen) atoms. The maximum absolute atomic E-state index is 13.1. The van der Waals surface area contributed by atoms with E-state index in [-0.39, 0.29) is 17.9 Å². The molecule has 0 amide bonds. The molecule has 0 saturated carbocycles. The molecule has 0 atom stereocenters. The Kier molecular flexibility index (Phi) is 5.84. The normalized spacial score (nSPS) is 17.0. The van der Waals surface area contributed by atoms with Gasteiger partial charge in [0.15, 0.2) is 5.78 Å². The predicted molar refractivity (Wildman–Crippen MR) is 119 cm³/mol. The van der Waals surface area contributed by atoms with Gasteiger partial charge in [-0.05, 0) is 17.7 Å². The van der Waals surface area contributed by atoms with Gasteiger partial charge in [-0.2, -0.15) is 5.26 Å². The molecule has 4 rings (SSSR count). The number of hydrogen-bond acceptors (Lipinski definition) is 6. The third kappa shape index (κ3) is 3.95. The van der Waals surface area contributed by atoms with Gasteiger partial charge < -0.3 is 9.80 Å². The molecule has 1 saturated heterocycles. The summed E-state index contributed by atoms with van der Waals surface area (Å²) >= 11 is 0. The molecule has 0 unspecified atom stereocenters. The van der Waals surface area contributed by atoms with E-state index in [4.69, 9.17) is 0 Å². The number of nitrogens with zero attached hydrogens (tertiary/aromatic N) is 5. The van der Waals surface area contributed by atoms with Crippen LogP contribution in [0.1, 0.15) is 5.56 Å². The molecular weight excluding hydrogens is 374 g/mol. The molecule has 6 heteroatoms. The lowest BCUT2D eigenvalue weighted by molar-refractivity contribution is -0.116. The number of hydrogen-bond donors (Lipinski definition) is 0. The Morgan fingerprint density at radius 3 is 1.97 bits per heavy atom. The Morgan fingerprint density at radius 1 is 0.867 bits per heavy atom. The van der Waals surface area contributed by atoms with Gasteiger partial charge in [-0.3, -0.25) is 14.6 Å². The van der Waals surface area contributed by atoms with Crippen molar-refractivity contribution >= 4 is 17.2 Å². The molecule has 1 fully saturated rings. The lowest BCUT2D eigenvalue weighted by Gasteiger charge is -2.34. The van der Waals surface area contributed by atoms with Gasteiger partial charge in [0.1, 0.15) is 17.5 Å². The number of anilines is 2. The monoisotopic (exact) mass is 401 g/mol. The number of fused-ring (bicyclic) bond motifs is 1. The standard InChI is InChI=1S/C24H27N5O/c1-26-21-10-6-7-11-22(21)27(2)24(26)20(16-25)23(30)18-29-14-12-28(13-15-29)17-19-8-4-3-5-9-19/h3-11H,12-15,17-18H2,1-2H3. The summed E-state index contributed by atoms with van der Waals surface area (Å²) in [5.74, 6) is 0.543. The first-order chi connectivity index (χ1) is 14.6. The Balaban J connectivity index is 1.40. The van der Waals surface area contributed by atoms with Crippen LogP contribution < -0.4 is 9.80 Å². The minimum atomic E-state index is -0.115. The van der Waals surface area contributed by atoms with Crippen molar-refractivity contribution in [1.29, 1.82) is 5.26 Å². The van der Waals surface area contributed by atoms with E-state index in [1.165, 1.54) is 5.56 Å². The minimum Gasteiger partial charge on any atom is -0.328 e. The predicted octanol–water partition coefficient (Wildman–Crippen LogP) is 2.69. The van der Waals surface area contributed by atoms with Gasteiger partial charge in [0.25, 0.3) is 0 Å². The number of ketones is 1. The van der Waals surface area contributed by atoms with E-state index < -0.39 is 0 Å². The Labute approximate surface area is 178 Å². The number of benzene rings is 2. The van der Waals surface area contributed by atoms with Gasteiger partial charge in [-0.15, -0.1) is 0 Å². The van der Waals surface area contributed by atoms with Gasteiger partial charge in [-0.25, -0.2) is 0 Å². The number of rotatable bonds is 5. The quantitative estimate of drug-likeness (QED) is 0.567. The van der Waals surface area contributed by atoms with Crippen molar-refractivity contribution in [3.05, 3.63) is 71.6 Å². The number of nitriles is 1. The number of carbonyl (C=O) groups excluding carboxylic acids is 1. The second kappa shape index (κ2) is 8.70. The third-order valence-corrected chi connectivity index (χ3v) is 5.94. The molecule has 0 aromatic heterocycles. The number of Topliss-reactive ketones (excluding diaryl/α,β-unsaturated/α-hetero) is 1. The zero-order valence-corrected chi connectivity index (χ0v) is 17.6. The van der Waals surface area contributed by atoms with Crippen molar-refractivity contribution in [3.8, 4) is 6.07 Å². The second-order valence-electron chi connectivity index (χ2n) is 7.88. The zero-order valence-electron chi connectivity index (χ0n) is 17.6. The topological polar surface area (TPSA) is 53.8 Å². The Hall–Kier alpha value is -3.14. The molecule has 2 aliphatic heterocycles. The number of para-hydroxylation sites is 2. The summed E-state index contributed by atoms with van der Waals surface area (Å²) in [5, 5.41) is 9.80.